The Morgan fingerprint density at radius 1 is 1.08 bits per heavy atom. The van der Waals surface area contributed by atoms with Crippen molar-refractivity contribution in [3.8, 4) is 5.75 Å². The number of phenolic OH excluding ortho intramolecular Hbond substituents is 1. The number of rotatable bonds is 0. The Morgan fingerprint density at radius 2 is 1.77 bits per heavy atom. The van der Waals surface area contributed by atoms with Gasteiger partial charge in [0.05, 0.1) is 0 Å². The second kappa shape index (κ2) is 4.45. The first-order valence-electron chi connectivity index (χ1n) is 4.40. The number of hydrogen-bond acceptors (Lipinski definition) is 2. The van der Waals surface area contributed by atoms with Crippen molar-refractivity contribution in [1.29, 1.82) is 0 Å². The number of benzene rings is 1. The van der Waals surface area contributed by atoms with E-state index in [-0.39, 0.29) is 5.75 Å². The average molecular weight is 175 g/mol. The van der Waals surface area contributed by atoms with Gasteiger partial charge in [0.15, 0.2) is 0 Å². The summed E-state index contributed by atoms with van der Waals surface area (Å²) < 4.78 is 0. The third-order valence-corrected chi connectivity index (χ3v) is 1.61. The first-order chi connectivity index (χ1) is 6.38. The lowest BCUT2D eigenvalue weighted by Crippen LogP contribution is -1.76. The smallest absolute Gasteiger partial charge is 0.141 e. The van der Waals surface area contributed by atoms with E-state index in [0.717, 1.165) is 5.39 Å². The predicted molar refractivity (Wildman–Crippen MR) is 54.8 cm³/mol. The summed E-state index contributed by atoms with van der Waals surface area (Å²) in [5.41, 5.74) is 0.662. The van der Waals surface area contributed by atoms with E-state index in [9.17, 15) is 5.11 Å². The molecule has 2 rings (SSSR count). The van der Waals surface area contributed by atoms with Gasteiger partial charge in [0.1, 0.15) is 11.3 Å². The number of pyridine rings is 1. The van der Waals surface area contributed by atoms with Crippen LogP contribution in [-0.4, -0.2) is 10.1 Å². The Labute approximate surface area is 77.9 Å². The maximum Gasteiger partial charge on any atom is 0.141 e. The fourth-order valence-corrected chi connectivity index (χ4v) is 1.09. The molecule has 0 spiro atoms. The Hall–Kier alpha value is -1.57. The molecule has 1 aromatic carbocycles. The summed E-state index contributed by atoms with van der Waals surface area (Å²) in [6, 6.07) is 9.13. The largest absolute Gasteiger partial charge is 0.506 e. The summed E-state index contributed by atoms with van der Waals surface area (Å²) in [6.07, 6.45) is 1.67. The van der Waals surface area contributed by atoms with Gasteiger partial charge in [-0.1, -0.05) is 32.0 Å². The molecule has 1 N–H and O–H groups in total. The van der Waals surface area contributed by atoms with E-state index in [1.54, 1.807) is 18.3 Å². The minimum Gasteiger partial charge on any atom is -0.506 e. The number of para-hydroxylation sites is 1. The first kappa shape index (κ1) is 9.52. The normalized spacial score (nSPS) is 9.08. The minimum atomic E-state index is 0.239. The number of aromatic nitrogens is 1. The van der Waals surface area contributed by atoms with Crippen LogP contribution in [0.5, 0.6) is 5.75 Å². The van der Waals surface area contributed by atoms with E-state index in [1.807, 2.05) is 32.0 Å². The highest BCUT2D eigenvalue weighted by molar-refractivity contribution is 5.83. The number of fused-ring (bicyclic) bond motifs is 1. The van der Waals surface area contributed by atoms with Crippen molar-refractivity contribution in [3.63, 3.8) is 0 Å². The van der Waals surface area contributed by atoms with Crippen LogP contribution in [0.25, 0.3) is 10.9 Å². The van der Waals surface area contributed by atoms with Gasteiger partial charge in [-0.05, 0) is 12.1 Å². The van der Waals surface area contributed by atoms with Crippen LogP contribution in [0, 0.1) is 0 Å². The van der Waals surface area contributed by atoms with E-state index in [1.165, 1.54) is 0 Å². The maximum absolute atomic E-state index is 9.31. The van der Waals surface area contributed by atoms with Crippen molar-refractivity contribution in [2.75, 3.05) is 0 Å². The molecule has 2 aromatic rings. The number of phenols is 1. The number of aromatic hydroxyl groups is 1. The van der Waals surface area contributed by atoms with Crippen LogP contribution in [0.2, 0.25) is 0 Å². The fraction of sp³-hybridized carbons (Fsp3) is 0.182. The molecule has 0 amide bonds. The molecule has 0 unspecified atom stereocenters. The Bertz CT molecular complexity index is 379. The molecule has 2 heteroatoms. The number of hydrogen-bond donors (Lipinski definition) is 1. The van der Waals surface area contributed by atoms with Crippen LogP contribution in [0.1, 0.15) is 13.8 Å². The SMILES string of the molecule is CC.Oc1cccc2cccnc12. The molecule has 0 atom stereocenters. The lowest BCUT2D eigenvalue weighted by molar-refractivity contribution is 0.480. The quantitative estimate of drug-likeness (QED) is 0.667. The molecular formula is C11H13NO. The molecule has 0 fully saturated rings. The van der Waals surface area contributed by atoms with Crippen molar-refractivity contribution >= 4 is 10.9 Å². The fourth-order valence-electron chi connectivity index (χ4n) is 1.09. The maximum atomic E-state index is 9.31. The van der Waals surface area contributed by atoms with Gasteiger partial charge in [-0.2, -0.15) is 0 Å². The second-order valence-electron chi connectivity index (χ2n) is 2.35. The lowest BCUT2D eigenvalue weighted by Gasteiger charge is -1.96. The topological polar surface area (TPSA) is 33.1 Å². The lowest BCUT2D eigenvalue weighted by atomic mass is 10.2. The van der Waals surface area contributed by atoms with Crippen LogP contribution >= 0.6 is 0 Å². The monoisotopic (exact) mass is 175 g/mol. The van der Waals surface area contributed by atoms with Crippen molar-refractivity contribution in [3.05, 3.63) is 36.5 Å². The molecule has 0 saturated heterocycles. The van der Waals surface area contributed by atoms with Crippen LogP contribution in [0.4, 0.5) is 0 Å². The summed E-state index contributed by atoms with van der Waals surface area (Å²) in [6.45, 7) is 4.00. The molecule has 0 saturated carbocycles. The third kappa shape index (κ3) is 1.96. The Morgan fingerprint density at radius 3 is 2.46 bits per heavy atom. The summed E-state index contributed by atoms with van der Waals surface area (Å²) >= 11 is 0. The summed E-state index contributed by atoms with van der Waals surface area (Å²) in [5.74, 6) is 0.239. The van der Waals surface area contributed by atoms with E-state index in [2.05, 4.69) is 4.98 Å². The first-order valence-corrected chi connectivity index (χ1v) is 4.40. The highest BCUT2D eigenvalue weighted by Crippen LogP contribution is 2.20. The van der Waals surface area contributed by atoms with Gasteiger partial charge in [-0.25, -0.2) is 0 Å². The minimum absolute atomic E-state index is 0.239. The van der Waals surface area contributed by atoms with Crippen molar-refractivity contribution < 1.29 is 5.11 Å². The van der Waals surface area contributed by atoms with Gasteiger partial charge in [-0.15, -0.1) is 0 Å². The Kier molecular flexibility index (Phi) is 3.26. The zero-order valence-electron chi connectivity index (χ0n) is 7.86. The standard InChI is InChI=1S/C9H7NO.C2H6/c11-8-5-1-3-7-4-2-6-10-9(7)8;1-2/h1-6,11H;1-2H3. The molecule has 0 bridgehead atoms. The molecule has 0 aliphatic carbocycles. The van der Waals surface area contributed by atoms with Gasteiger partial charge >= 0.3 is 0 Å². The average Bonchev–Trinajstić information content (AvgIpc) is 2.22. The summed E-state index contributed by atoms with van der Waals surface area (Å²) in [7, 11) is 0. The summed E-state index contributed by atoms with van der Waals surface area (Å²) in [5, 5.41) is 10.3. The molecule has 2 nitrogen and oxygen atoms in total. The molecule has 13 heavy (non-hydrogen) atoms. The van der Waals surface area contributed by atoms with Gasteiger partial charge in [0.2, 0.25) is 0 Å². The van der Waals surface area contributed by atoms with Crippen LogP contribution < -0.4 is 0 Å². The van der Waals surface area contributed by atoms with Crippen LogP contribution in [0.3, 0.4) is 0 Å². The second-order valence-corrected chi connectivity index (χ2v) is 2.35. The molecule has 0 aliphatic rings. The molecule has 1 heterocycles. The van der Waals surface area contributed by atoms with Crippen LogP contribution in [-0.2, 0) is 0 Å². The molecule has 68 valence electrons. The van der Waals surface area contributed by atoms with Crippen molar-refractivity contribution in [2.24, 2.45) is 0 Å². The third-order valence-electron chi connectivity index (χ3n) is 1.61. The van der Waals surface area contributed by atoms with Crippen molar-refractivity contribution in [1.82, 2.24) is 4.98 Å². The molecule has 0 radical (unpaired) electrons. The highest BCUT2D eigenvalue weighted by atomic mass is 16.3. The van der Waals surface area contributed by atoms with Gasteiger partial charge in [-0.3, -0.25) is 4.98 Å². The van der Waals surface area contributed by atoms with E-state index in [4.69, 9.17) is 0 Å². The zero-order chi connectivity index (χ0) is 9.68. The van der Waals surface area contributed by atoms with E-state index in [0.29, 0.717) is 5.52 Å². The van der Waals surface area contributed by atoms with Crippen LogP contribution in [0.15, 0.2) is 36.5 Å². The Balaban J connectivity index is 0.000000396. The van der Waals surface area contributed by atoms with E-state index >= 15 is 0 Å². The predicted octanol–water partition coefficient (Wildman–Crippen LogP) is 2.97. The van der Waals surface area contributed by atoms with E-state index < -0.39 is 0 Å². The molecule has 1 aromatic heterocycles. The van der Waals surface area contributed by atoms with Gasteiger partial charge in [0, 0.05) is 11.6 Å². The highest BCUT2D eigenvalue weighted by Gasteiger charge is 1.96. The zero-order valence-corrected chi connectivity index (χ0v) is 7.86. The number of nitrogens with zero attached hydrogens (tertiary/aromatic N) is 1. The van der Waals surface area contributed by atoms with Crippen molar-refractivity contribution in [2.45, 2.75) is 13.8 Å². The summed E-state index contributed by atoms with van der Waals surface area (Å²) in [4.78, 5) is 4.03. The molecule has 0 aliphatic heterocycles. The van der Waals surface area contributed by atoms with Gasteiger partial charge in [0.25, 0.3) is 0 Å². The molecular weight excluding hydrogens is 162 g/mol. The van der Waals surface area contributed by atoms with Gasteiger partial charge < -0.3 is 5.11 Å².